The van der Waals surface area contributed by atoms with E-state index in [0.29, 0.717) is 54.9 Å². The van der Waals surface area contributed by atoms with E-state index in [-0.39, 0.29) is 33.0 Å². The van der Waals surface area contributed by atoms with E-state index in [2.05, 4.69) is 10.3 Å². The van der Waals surface area contributed by atoms with Gasteiger partial charge in [0.25, 0.3) is 0 Å². The van der Waals surface area contributed by atoms with E-state index >= 15 is 0 Å². The largest absolute Gasteiger partial charge is 0.377 e. The summed E-state index contributed by atoms with van der Waals surface area (Å²) in [4.78, 5) is 89.3. The van der Waals surface area contributed by atoms with Gasteiger partial charge in [-0.2, -0.15) is 0 Å². The molecular formula is C43H28N4O6. The lowest BCUT2D eigenvalue weighted by atomic mass is 9.81. The van der Waals surface area contributed by atoms with Crippen LogP contribution in [0.4, 0.5) is 11.4 Å². The van der Waals surface area contributed by atoms with Crippen LogP contribution >= 0.6 is 0 Å². The number of carbonyl (C=O) groups is 4. The van der Waals surface area contributed by atoms with Crippen molar-refractivity contribution >= 4 is 80.9 Å². The Balaban J connectivity index is 1.11. The van der Waals surface area contributed by atoms with Gasteiger partial charge in [0.15, 0.2) is 22.4 Å². The molecule has 0 spiro atoms. The molecule has 0 saturated heterocycles. The molecular weight excluding hydrogens is 668 g/mol. The number of pyridine rings is 2. The number of amides is 1. The van der Waals surface area contributed by atoms with Gasteiger partial charge in [0.05, 0.1) is 40.5 Å². The van der Waals surface area contributed by atoms with E-state index in [9.17, 15) is 28.8 Å². The van der Waals surface area contributed by atoms with Crippen molar-refractivity contribution in [1.29, 1.82) is 0 Å². The number of aromatic amines is 1. The molecule has 53 heavy (non-hydrogen) atoms. The number of ketones is 2. The van der Waals surface area contributed by atoms with Gasteiger partial charge in [-0.1, -0.05) is 48.5 Å². The Bertz CT molecular complexity index is 3090. The van der Waals surface area contributed by atoms with E-state index in [0.717, 1.165) is 0 Å². The number of benzene rings is 4. The van der Waals surface area contributed by atoms with Crippen LogP contribution in [0.25, 0.3) is 46.1 Å². The Hall–Kier alpha value is -6.94. The topological polar surface area (TPSA) is 138 Å². The van der Waals surface area contributed by atoms with Crippen molar-refractivity contribution in [2.24, 2.45) is 11.8 Å². The second-order valence-electron chi connectivity index (χ2n) is 13.8. The highest BCUT2D eigenvalue weighted by Crippen LogP contribution is 2.37. The summed E-state index contributed by atoms with van der Waals surface area (Å²) < 4.78 is 1.37. The first-order chi connectivity index (χ1) is 25.8. The van der Waals surface area contributed by atoms with Crippen LogP contribution in [-0.4, -0.2) is 45.0 Å². The maximum Gasteiger partial charge on any atom is 0.241 e. The quantitative estimate of drug-likeness (QED) is 0.265. The van der Waals surface area contributed by atoms with Gasteiger partial charge in [-0.25, -0.2) is 0 Å². The van der Waals surface area contributed by atoms with Gasteiger partial charge in [-0.15, -0.1) is 0 Å². The maximum absolute atomic E-state index is 14.6. The fraction of sp³-hybridized carbons (Fsp3) is 0.116. The van der Waals surface area contributed by atoms with Crippen molar-refractivity contribution in [1.82, 2.24) is 9.55 Å². The number of rotatable bonds is 2. The first kappa shape index (κ1) is 30.8. The molecule has 10 rings (SSSR count). The predicted molar refractivity (Wildman–Crippen MR) is 202 cm³/mol. The van der Waals surface area contributed by atoms with Crippen LogP contribution in [0.15, 0.2) is 107 Å². The molecule has 4 atom stereocenters. The van der Waals surface area contributed by atoms with Gasteiger partial charge < -0.3 is 15.2 Å². The Labute approximate surface area is 299 Å². The van der Waals surface area contributed by atoms with E-state index in [1.54, 1.807) is 103 Å². The van der Waals surface area contributed by atoms with E-state index in [4.69, 9.17) is 0 Å². The first-order valence-corrected chi connectivity index (χ1v) is 17.4. The Morgan fingerprint density at radius 1 is 0.623 bits per heavy atom. The molecule has 256 valence electrons. The third-order valence-corrected chi connectivity index (χ3v) is 10.9. The minimum absolute atomic E-state index is 0.144. The van der Waals surface area contributed by atoms with Crippen molar-refractivity contribution in [3.05, 3.63) is 150 Å². The molecule has 6 aromatic rings. The normalized spacial score (nSPS) is 20.5. The van der Waals surface area contributed by atoms with Crippen molar-refractivity contribution in [3.63, 3.8) is 0 Å². The molecule has 2 aliphatic carbocycles. The standard InChI is InChI=1S/C43H28N4O6/c48-38(46-34-15-7-3-11-24(34)42(52)28-17-32-26(19-36(28)46)40(50)22-9-1-5-13-30(22)44-32)21-39(49)47-35-16-8-4-12-25(35)43(53)29-18-33-27(20-37(29)47)41(51)23-10-2-6-14-31(23)45-33/h1-20,26,29,32,37,44-45H,21H2. The number of hydrogen-bond donors (Lipinski definition) is 2. The number of H-pyrrole nitrogens is 1. The van der Waals surface area contributed by atoms with Gasteiger partial charge in [0.2, 0.25) is 11.8 Å². The highest BCUT2D eigenvalue weighted by Gasteiger charge is 2.43. The number of carbonyl (C=O) groups excluding carboxylic acids is 4. The number of anilines is 2. The second-order valence-corrected chi connectivity index (χ2v) is 13.8. The van der Waals surface area contributed by atoms with Crippen molar-refractivity contribution in [2.45, 2.75) is 18.5 Å². The molecule has 4 heterocycles. The highest BCUT2D eigenvalue weighted by molar-refractivity contribution is 6.17. The van der Waals surface area contributed by atoms with Gasteiger partial charge >= 0.3 is 0 Å². The minimum Gasteiger partial charge on any atom is -0.377 e. The molecule has 2 N–H and O–H groups in total. The van der Waals surface area contributed by atoms with Crippen LogP contribution < -0.4 is 42.2 Å². The lowest BCUT2D eigenvalue weighted by Crippen LogP contribution is -2.57. The van der Waals surface area contributed by atoms with Gasteiger partial charge in [-0.3, -0.25) is 33.3 Å². The van der Waals surface area contributed by atoms with Crippen molar-refractivity contribution in [2.75, 3.05) is 10.2 Å². The van der Waals surface area contributed by atoms with Gasteiger partial charge in [0, 0.05) is 48.9 Å². The van der Waals surface area contributed by atoms with Crippen molar-refractivity contribution in [3.8, 4) is 0 Å². The van der Waals surface area contributed by atoms with Crippen LogP contribution in [0, 0.1) is 11.8 Å². The van der Waals surface area contributed by atoms with Crippen LogP contribution in [-0.2, 0) is 4.79 Å². The Kier molecular flexibility index (Phi) is 6.57. The summed E-state index contributed by atoms with van der Waals surface area (Å²) in [5, 5.41) is 5.49. The minimum atomic E-state index is -0.876. The fourth-order valence-corrected chi connectivity index (χ4v) is 8.49. The second kappa shape index (κ2) is 11.3. The average molecular weight is 697 g/mol. The molecule has 4 aliphatic rings. The third kappa shape index (κ3) is 4.45. The number of Topliss-reactive ketones (excluding diaryl/α,β-unsaturated/α-hetero) is 2. The molecule has 2 aliphatic heterocycles. The van der Waals surface area contributed by atoms with Crippen LogP contribution in [0.5, 0.6) is 0 Å². The summed E-state index contributed by atoms with van der Waals surface area (Å²) in [6.07, 6.45) is 6.09. The van der Waals surface area contributed by atoms with Crippen LogP contribution in [0.2, 0.25) is 0 Å². The molecule has 2 aromatic heterocycles. The lowest BCUT2D eigenvalue weighted by molar-refractivity contribution is -0.118. The van der Waals surface area contributed by atoms with Gasteiger partial charge in [0.1, 0.15) is 6.42 Å². The Morgan fingerprint density at radius 2 is 1.30 bits per heavy atom. The molecule has 10 nitrogen and oxygen atoms in total. The number of aromatic nitrogens is 2. The zero-order valence-corrected chi connectivity index (χ0v) is 27.9. The number of nitrogens with one attached hydrogen (secondary N) is 2. The molecule has 4 unspecified atom stereocenters. The van der Waals surface area contributed by atoms with E-state index in [1.807, 2.05) is 18.2 Å². The monoisotopic (exact) mass is 696 g/mol. The number of fused-ring (bicyclic) bond motifs is 8. The summed E-state index contributed by atoms with van der Waals surface area (Å²) in [5.74, 6) is -3.07. The molecule has 0 radical (unpaired) electrons. The first-order valence-electron chi connectivity index (χ1n) is 17.4. The molecule has 10 heteroatoms. The zero-order chi connectivity index (χ0) is 36.1. The number of nitrogens with zero attached hydrogens (tertiary/aromatic N) is 2. The lowest BCUT2D eigenvalue weighted by Gasteiger charge is -2.40. The summed E-state index contributed by atoms with van der Waals surface area (Å²) in [5.41, 5.74) is 2.28. The molecule has 0 bridgehead atoms. The summed E-state index contributed by atoms with van der Waals surface area (Å²) in [7, 11) is 0. The van der Waals surface area contributed by atoms with Gasteiger partial charge in [-0.05, 0) is 72.8 Å². The molecule has 1 amide bonds. The smallest absolute Gasteiger partial charge is 0.241 e. The molecule has 0 fully saturated rings. The maximum atomic E-state index is 14.6. The fourth-order valence-electron chi connectivity index (χ4n) is 8.49. The predicted octanol–water partition coefficient (Wildman–Crippen LogP) is 2.23. The third-order valence-electron chi connectivity index (χ3n) is 10.9. The van der Waals surface area contributed by atoms with Crippen LogP contribution in [0.1, 0.15) is 31.9 Å². The molecule has 4 aromatic carbocycles. The van der Waals surface area contributed by atoms with Crippen molar-refractivity contribution < 1.29 is 19.2 Å². The van der Waals surface area contributed by atoms with E-state index in [1.165, 1.54) is 9.47 Å². The molecule has 0 saturated carbocycles. The van der Waals surface area contributed by atoms with Crippen LogP contribution in [0.3, 0.4) is 0 Å². The SMILES string of the molecule is O=C1c2ccccc2NC2C=c3c(=O)c4ccccc4n(C(=O)CC(=O)N4c5ccccc5C(=O)C5C=c6[nH]c7ccccc7c(=O)c6=CC54)c3=CC12. The summed E-state index contributed by atoms with van der Waals surface area (Å²) >= 11 is 0. The zero-order valence-electron chi connectivity index (χ0n) is 27.9. The Morgan fingerprint density at radius 3 is 2.15 bits per heavy atom. The average Bonchev–Trinajstić information content (AvgIpc) is 3.18. The van der Waals surface area contributed by atoms with E-state index < -0.39 is 42.2 Å². The number of para-hydroxylation sites is 4. The summed E-state index contributed by atoms with van der Waals surface area (Å²) in [6, 6.07) is 26.4. The summed E-state index contributed by atoms with van der Waals surface area (Å²) in [6.45, 7) is 0. The highest BCUT2D eigenvalue weighted by atomic mass is 16.2. The number of hydrogen-bond acceptors (Lipinski definition) is 7.